The summed E-state index contributed by atoms with van der Waals surface area (Å²) in [6, 6.07) is 9.85. The van der Waals surface area contributed by atoms with E-state index in [1.165, 1.54) is 5.01 Å². The van der Waals surface area contributed by atoms with Crippen molar-refractivity contribution in [2.75, 3.05) is 27.9 Å². The Morgan fingerprint density at radius 3 is 2.39 bits per heavy atom. The van der Waals surface area contributed by atoms with Gasteiger partial charge in [0.25, 0.3) is 5.91 Å². The third-order valence-electron chi connectivity index (χ3n) is 5.50. The van der Waals surface area contributed by atoms with Crippen molar-refractivity contribution in [3.8, 4) is 11.5 Å². The van der Waals surface area contributed by atoms with Crippen LogP contribution in [0.25, 0.3) is 0 Å². The Balaban J connectivity index is 2.10. The molecule has 3 N–H and O–H groups in total. The Kier molecular flexibility index (Phi) is 7.55. The summed E-state index contributed by atoms with van der Waals surface area (Å²) < 4.78 is 11.0. The van der Waals surface area contributed by atoms with E-state index < -0.39 is 0 Å². The minimum absolute atomic E-state index is 0.143. The number of rotatable bonds is 6. The smallest absolute Gasteiger partial charge is 0.337 e. The molecule has 3 rings (SSSR count). The number of ether oxygens (including phenoxy) is 2. The minimum Gasteiger partial charge on any atom is -0.493 e. The van der Waals surface area contributed by atoms with E-state index in [1.54, 1.807) is 52.5 Å². The molecule has 9 heteroatoms. The molecule has 1 heterocycles. The van der Waals surface area contributed by atoms with Crippen LogP contribution in [-0.4, -0.2) is 67.7 Å². The Labute approximate surface area is 193 Å². The van der Waals surface area contributed by atoms with Gasteiger partial charge in [0.1, 0.15) is 0 Å². The second kappa shape index (κ2) is 10.4. The van der Waals surface area contributed by atoms with Crippen molar-refractivity contribution < 1.29 is 24.2 Å². The van der Waals surface area contributed by atoms with Crippen molar-refractivity contribution in [3.05, 3.63) is 58.7 Å². The van der Waals surface area contributed by atoms with E-state index >= 15 is 0 Å². The van der Waals surface area contributed by atoms with E-state index in [2.05, 4.69) is 10.6 Å². The van der Waals surface area contributed by atoms with Crippen LogP contribution in [0.4, 0.5) is 4.79 Å². The van der Waals surface area contributed by atoms with E-state index in [9.17, 15) is 9.59 Å². The Hall–Kier alpha value is -3.59. The lowest BCUT2D eigenvalue weighted by molar-refractivity contribution is 0.0922. The molecule has 0 aromatic heterocycles. The summed E-state index contributed by atoms with van der Waals surface area (Å²) in [6.07, 6.45) is 0.565. The topological polar surface area (TPSA) is 112 Å². The fourth-order valence-corrected chi connectivity index (χ4v) is 3.68. The Morgan fingerprint density at radius 2 is 1.82 bits per heavy atom. The van der Waals surface area contributed by atoms with Gasteiger partial charge < -0.3 is 25.2 Å². The molecule has 9 nitrogen and oxygen atoms in total. The molecule has 2 atom stereocenters. The third kappa shape index (κ3) is 5.09. The maximum absolute atomic E-state index is 12.6. The molecule has 1 aliphatic rings. The molecule has 2 aromatic rings. The van der Waals surface area contributed by atoms with E-state index in [0.717, 1.165) is 16.7 Å². The van der Waals surface area contributed by atoms with Gasteiger partial charge in [0.2, 0.25) is 0 Å². The second-order valence-corrected chi connectivity index (χ2v) is 7.90. The molecule has 0 radical (unpaired) electrons. The van der Waals surface area contributed by atoms with Crippen molar-refractivity contribution in [2.45, 2.75) is 32.4 Å². The van der Waals surface area contributed by atoms with Crippen molar-refractivity contribution >= 4 is 17.6 Å². The van der Waals surface area contributed by atoms with Crippen molar-refractivity contribution in [3.63, 3.8) is 0 Å². The maximum Gasteiger partial charge on any atom is 0.337 e. The van der Waals surface area contributed by atoms with Crippen LogP contribution >= 0.6 is 0 Å². The number of hydrazone groups is 1. The van der Waals surface area contributed by atoms with Gasteiger partial charge >= 0.3 is 6.03 Å². The summed E-state index contributed by atoms with van der Waals surface area (Å²) >= 11 is 0. The lowest BCUT2D eigenvalue weighted by atomic mass is 9.93. The number of carbonyl (C=O) groups is 2. The van der Waals surface area contributed by atoms with E-state index in [0.29, 0.717) is 29.2 Å². The van der Waals surface area contributed by atoms with Crippen LogP contribution in [-0.2, 0) is 6.42 Å². The summed E-state index contributed by atoms with van der Waals surface area (Å²) in [5.74, 6) is 0.874. The van der Waals surface area contributed by atoms with Gasteiger partial charge in [-0.3, -0.25) is 4.79 Å². The quantitative estimate of drug-likeness (QED) is 0.619. The monoisotopic (exact) mass is 454 g/mol. The first-order chi connectivity index (χ1) is 15.8. The molecular weight excluding hydrogens is 424 g/mol. The number of carbonyl (C=O) groups excluding carboxylic acids is 2. The first kappa shape index (κ1) is 24.1. The van der Waals surface area contributed by atoms with Crippen LogP contribution in [0.5, 0.6) is 11.5 Å². The molecule has 1 unspecified atom stereocenters. The molecule has 176 valence electrons. The van der Waals surface area contributed by atoms with Crippen LogP contribution in [0.3, 0.4) is 0 Å². The fourth-order valence-electron chi connectivity index (χ4n) is 3.68. The maximum atomic E-state index is 12.6. The highest BCUT2D eigenvalue weighted by atomic mass is 16.5. The highest BCUT2D eigenvalue weighted by molar-refractivity contribution is 6.15. The fraction of sp³-hybridized carbons (Fsp3) is 0.375. The third-order valence-corrected chi connectivity index (χ3v) is 5.50. The van der Waals surface area contributed by atoms with Gasteiger partial charge in [-0.05, 0) is 50.1 Å². The van der Waals surface area contributed by atoms with Gasteiger partial charge in [-0.25, -0.2) is 9.80 Å². The molecule has 0 aliphatic carbocycles. The Morgan fingerprint density at radius 1 is 1.18 bits per heavy atom. The number of benzene rings is 2. The van der Waals surface area contributed by atoms with Gasteiger partial charge in [0.05, 0.1) is 32.6 Å². The number of nitrogens with one attached hydrogen (secondary N) is 2. The van der Waals surface area contributed by atoms with Crippen molar-refractivity contribution in [2.24, 2.45) is 5.10 Å². The molecule has 0 bridgehead atoms. The van der Waals surface area contributed by atoms with Crippen LogP contribution in [0.1, 0.15) is 40.9 Å². The van der Waals surface area contributed by atoms with Gasteiger partial charge in [-0.1, -0.05) is 12.1 Å². The lowest BCUT2D eigenvalue weighted by Gasteiger charge is -2.22. The lowest BCUT2D eigenvalue weighted by Crippen LogP contribution is -2.41. The number of fused-ring (bicyclic) bond motifs is 1. The van der Waals surface area contributed by atoms with Gasteiger partial charge in [-0.15, -0.1) is 0 Å². The first-order valence-corrected chi connectivity index (χ1v) is 10.7. The molecular formula is C24H30N4O5. The van der Waals surface area contributed by atoms with Gasteiger partial charge in [0, 0.05) is 29.8 Å². The standard InChI is InChI=1S/C24H30N4O5/c1-14(13-29)26-23(30)17-8-6-16(7-9-17)22-19-12-21(33-5)20(32-4)11-18(19)10-15(2)28(27-22)24(31)25-3/h6-9,11-12,14-15,29H,10,13H2,1-5H3,(H,25,31)(H,26,30)/t14-,15?/m0/s1. The number of aliphatic hydroxyl groups excluding tert-OH is 1. The van der Waals surface area contributed by atoms with Crippen molar-refractivity contribution in [1.29, 1.82) is 0 Å². The van der Waals surface area contributed by atoms with E-state index in [1.807, 2.05) is 19.1 Å². The predicted octanol–water partition coefficient (Wildman–Crippen LogP) is 2.15. The Bertz CT molecular complexity index is 1050. The normalized spacial score (nSPS) is 16.1. The van der Waals surface area contributed by atoms with Crippen LogP contribution in [0, 0.1) is 0 Å². The van der Waals surface area contributed by atoms with Gasteiger partial charge in [0.15, 0.2) is 11.5 Å². The van der Waals surface area contributed by atoms with E-state index in [4.69, 9.17) is 19.7 Å². The summed E-state index contributed by atoms with van der Waals surface area (Å²) in [5, 5.41) is 20.7. The van der Waals surface area contributed by atoms with Crippen LogP contribution in [0.2, 0.25) is 0 Å². The molecule has 1 aliphatic heterocycles. The summed E-state index contributed by atoms with van der Waals surface area (Å²) in [4.78, 5) is 25.0. The molecule has 0 saturated carbocycles. The predicted molar refractivity (Wildman–Crippen MR) is 125 cm³/mol. The van der Waals surface area contributed by atoms with E-state index in [-0.39, 0.29) is 30.6 Å². The number of methoxy groups -OCH3 is 2. The molecule has 2 aromatic carbocycles. The van der Waals surface area contributed by atoms with Crippen molar-refractivity contribution in [1.82, 2.24) is 15.6 Å². The molecule has 0 fully saturated rings. The molecule has 33 heavy (non-hydrogen) atoms. The number of aliphatic hydroxyl groups is 1. The summed E-state index contributed by atoms with van der Waals surface area (Å²) in [5.41, 5.74) is 3.55. The largest absolute Gasteiger partial charge is 0.493 e. The molecule has 0 spiro atoms. The number of amides is 3. The van der Waals surface area contributed by atoms with Crippen LogP contribution < -0.4 is 20.1 Å². The first-order valence-electron chi connectivity index (χ1n) is 10.7. The summed E-state index contributed by atoms with van der Waals surface area (Å²) in [7, 11) is 4.71. The second-order valence-electron chi connectivity index (χ2n) is 7.90. The zero-order valence-corrected chi connectivity index (χ0v) is 19.5. The number of hydrogen-bond acceptors (Lipinski definition) is 6. The summed E-state index contributed by atoms with van der Waals surface area (Å²) in [6.45, 7) is 3.51. The highest BCUT2D eigenvalue weighted by Crippen LogP contribution is 2.34. The molecule has 3 amide bonds. The number of nitrogens with zero attached hydrogens (tertiary/aromatic N) is 2. The zero-order valence-electron chi connectivity index (χ0n) is 19.5. The van der Waals surface area contributed by atoms with Crippen LogP contribution in [0.15, 0.2) is 41.5 Å². The minimum atomic E-state index is -0.347. The average molecular weight is 455 g/mol. The number of urea groups is 1. The highest BCUT2D eigenvalue weighted by Gasteiger charge is 2.28. The zero-order chi connectivity index (χ0) is 24.1. The SMILES string of the molecule is CNC(=O)N1N=C(c2ccc(C(=O)N[C@@H](C)CO)cc2)c2cc(OC)c(OC)cc2CC1C. The average Bonchev–Trinajstić information content (AvgIpc) is 2.97. The van der Waals surface area contributed by atoms with Gasteiger partial charge in [-0.2, -0.15) is 5.10 Å². The molecule has 0 saturated heterocycles. The number of hydrogen-bond donors (Lipinski definition) is 3.